The van der Waals surface area contributed by atoms with Gasteiger partial charge in [-0.3, -0.25) is 0 Å². The molecule has 1 aromatic rings. The van der Waals surface area contributed by atoms with E-state index in [1.54, 1.807) is 4.90 Å². The molecule has 140 valence electrons. The third-order valence-corrected chi connectivity index (χ3v) is 4.28. The van der Waals surface area contributed by atoms with E-state index in [-0.39, 0.29) is 6.09 Å². The molecule has 5 heteroatoms. The Kier molecular flexibility index (Phi) is 6.85. The quantitative estimate of drug-likeness (QED) is 0.762. The molecule has 1 aromatic carbocycles. The van der Waals surface area contributed by atoms with Crippen molar-refractivity contribution in [1.82, 2.24) is 4.90 Å². The van der Waals surface area contributed by atoms with Crippen molar-refractivity contribution in [2.75, 3.05) is 19.7 Å². The molecular formula is C20H31NO4. The molecule has 0 aliphatic carbocycles. The molecule has 0 unspecified atom stereocenters. The number of benzene rings is 1. The topological polar surface area (TPSA) is 59.0 Å². The van der Waals surface area contributed by atoms with Crippen LogP contribution >= 0.6 is 0 Å². The Hall–Kier alpha value is -1.59. The van der Waals surface area contributed by atoms with Gasteiger partial charge in [0.2, 0.25) is 0 Å². The van der Waals surface area contributed by atoms with Crippen LogP contribution in [0.4, 0.5) is 4.79 Å². The van der Waals surface area contributed by atoms with E-state index < -0.39 is 11.2 Å². The predicted molar refractivity (Wildman–Crippen MR) is 97.3 cm³/mol. The Labute approximate surface area is 150 Å². The van der Waals surface area contributed by atoms with Crippen molar-refractivity contribution in [3.63, 3.8) is 0 Å². The summed E-state index contributed by atoms with van der Waals surface area (Å²) in [7, 11) is 0. The van der Waals surface area contributed by atoms with Gasteiger partial charge in [0.25, 0.3) is 0 Å². The number of aliphatic hydroxyl groups is 1. The second-order valence-electron chi connectivity index (χ2n) is 7.87. The fourth-order valence-electron chi connectivity index (χ4n) is 2.97. The van der Waals surface area contributed by atoms with Gasteiger partial charge in [-0.25, -0.2) is 4.79 Å². The van der Waals surface area contributed by atoms with Crippen LogP contribution in [0.1, 0.15) is 52.0 Å². The molecule has 1 saturated heterocycles. The number of hydrogen-bond donors (Lipinski definition) is 1. The lowest BCUT2D eigenvalue weighted by atomic mass is 9.96. The largest absolute Gasteiger partial charge is 0.444 e. The van der Waals surface area contributed by atoms with Crippen molar-refractivity contribution < 1.29 is 19.4 Å². The van der Waals surface area contributed by atoms with Gasteiger partial charge in [0, 0.05) is 13.2 Å². The summed E-state index contributed by atoms with van der Waals surface area (Å²) in [5.41, 5.74) is -0.130. The summed E-state index contributed by atoms with van der Waals surface area (Å²) in [6.07, 6.45) is 2.74. The molecule has 0 spiro atoms. The van der Waals surface area contributed by atoms with E-state index in [1.165, 1.54) is 5.56 Å². The molecule has 1 aliphatic rings. The Morgan fingerprint density at radius 2 is 1.96 bits per heavy atom. The van der Waals surface area contributed by atoms with Gasteiger partial charge in [0.05, 0.1) is 18.8 Å². The van der Waals surface area contributed by atoms with Crippen molar-refractivity contribution in [1.29, 1.82) is 0 Å². The first kappa shape index (κ1) is 19.7. The minimum Gasteiger partial charge on any atom is -0.444 e. The number of nitrogens with zero attached hydrogens (tertiary/aromatic N) is 1. The molecule has 0 saturated carbocycles. The minimum atomic E-state index is -0.795. The number of unbranched alkanes of at least 4 members (excludes halogenated alkanes) is 1. The average Bonchev–Trinajstić information content (AvgIpc) is 2.93. The van der Waals surface area contributed by atoms with E-state index in [9.17, 15) is 9.90 Å². The maximum atomic E-state index is 12.1. The second kappa shape index (κ2) is 8.68. The van der Waals surface area contributed by atoms with Gasteiger partial charge in [0.1, 0.15) is 5.60 Å². The molecule has 1 atom stereocenters. The molecule has 1 aliphatic heterocycles. The zero-order valence-corrected chi connectivity index (χ0v) is 15.7. The van der Waals surface area contributed by atoms with E-state index in [0.717, 1.165) is 12.8 Å². The van der Waals surface area contributed by atoms with Crippen LogP contribution in [0.3, 0.4) is 0 Å². The van der Waals surface area contributed by atoms with Crippen LogP contribution in [0.2, 0.25) is 0 Å². The van der Waals surface area contributed by atoms with Crippen molar-refractivity contribution in [3.05, 3.63) is 35.9 Å². The number of hydrogen-bond acceptors (Lipinski definition) is 4. The van der Waals surface area contributed by atoms with E-state index in [1.807, 2.05) is 51.1 Å². The highest BCUT2D eigenvalue weighted by atomic mass is 16.6. The van der Waals surface area contributed by atoms with Crippen molar-refractivity contribution in [3.8, 4) is 0 Å². The number of amides is 1. The van der Waals surface area contributed by atoms with Gasteiger partial charge in [-0.05, 0) is 52.0 Å². The molecule has 1 N–H and O–H groups in total. The van der Waals surface area contributed by atoms with Crippen LogP contribution in [0, 0.1) is 0 Å². The molecule has 1 heterocycles. The van der Waals surface area contributed by atoms with Crippen molar-refractivity contribution >= 4 is 6.09 Å². The summed E-state index contributed by atoms with van der Waals surface area (Å²) in [5, 5.41) is 10.7. The maximum Gasteiger partial charge on any atom is 0.410 e. The van der Waals surface area contributed by atoms with E-state index in [2.05, 4.69) is 0 Å². The molecule has 1 amide bonds. The average molecular weight is 349 g/mol. The van der Waals surface area contributed by atoms with Gasteiger partial charge in [-0.1, -0.05) is 30.3 Å². The highest BCUT2D eigenvalue weighted by molar-refractivity contribution is 5.68. The van der Waals surface area contributed by atoms with E-state index in [0.29, 0.717) is 39.1 Å². The summed E-state index contributed by atoms with van der Waals surface area (Å²) in [5.74, 6) is 0. The number of likely N-dealkylation sites (tertiary alicyclic amines) is 1. The Bertz CT molecular complexity index is 540. The number of rotatable bonds is 7. The lowest BCUT2D eigenvalue weighted by molar-refractivity contribution is 0.0108. The fourth-order valence-corrected chi connectivity index (χ4v) is 2.97. The summed E-state index contributed by atoms with van der Waals surface area (Å²) in [6, 6.07) is 10.1. The minimum absolute atomic E-state index is 0.338. The SMILES string of the molecule is CC(C)(C)OC(=O)N1CC[C@@](O)(CCCCOCc2ccccc2)C1. The molecule has 2 rings (SSSR count). The van der Waals surface area contributed by atoms with Crippen LogP contribution in [-0.2, 0) is 16.1 Å². The summed E-state index contributed by atoms with van der Waals surface area (Å²) in [6.45, 7) is 7.76. The van der Waals surface area contributed by atoms with Gasteiger partial charge in [-0.15, -0.1) is 0 Å². The summed E-state index contributed by atoms with van der Waals surface area (Å²) < 4.78 is 11.0. The normalized spacial score (nSPS) is 20.7. The first-order chi connectivity index (χ1) is 11.8. The van der Waals surface area contributed by atoms with Crippen LogP contribution in [0.15, 0.2) is 30.3 Å². The molecular weight excluding hydrogens is 318 g/mol. The Balaban J connectivity index is 1.61. The van der Waals surface area contributed by atoms with Crippen molar-refractivity contribution in [2.24, 2.45) is 0 Å². The number of carbonyl (C=O) groups is 1. The number of ether oxygens (including phenoxy) is 2. The van der Waals surface area contributed by atoms with Crippen LogP contribution in [0.25, 0.3) is 0 Å². The summed E-state index contributed by atoms with van der Waals surface area (Å²) in [4.78, 5) is 13.7. The molecule has 5 nitrogen and oxygen atoms in total. The monoisotopic (exact) mass is 349 g/mol. The zero-order chi connectivity index (χ0) is 18.3. The first-order valence-corrected chi connectivity index (χ1v) is 9.09. The molecule has 0 bridgehead atoms. The highest BCUT2D eigenvalue weighted by Crippen LogP contribution is 2.28. The van der Waals surface area contributed by atoms with E-state index >= 15 is 0 Å². The van der Waals surface area contributed by atoms with E-state index in [4.69, 9.17) is 9.47 Å². The molecule has 1 fully saturated rings. The van der Waals surface area contributed by atoms with Crippen molar-refractivity contribution in [2.45, 2.75) is 64.3 Å². The number of β-amino-alcohol motifs (C(OH)–C–C–N with tert-alkyl or cyclic N) is 1. The standard InChI is InChI=1S/C20H31NO4/c1-19(2,3)25-18(22)21-13-12-20(23,16-21)11-7-8-14-24-15-17-9-5-4-6-10-17/h4-6,9-10,23H,7-8,11-16H2,1-3H3/t20-/m0/s1. The first-order valence-electron chi connectivity index (χ1n) is 9.09. The lowest BCUT2D eigenvalue weighted by Gasteiger charge is -2.26. The third-order valence-electron chi connectivity index (χ3n) is 4.28. The van der Waals surface area contributed by atoms with Crippen LogP contribution in [0.5, 0.6) is 0 Å². The smallest absolute Gasteiger partial charge is 0.410 e. The van der Waals surface area contributed by atoms with Crippen LogP contribution in [-0.4, -0.2) is 47.0 Å². The fraction of sp³-hybridized carbons (Fsp3) is 0.650. The second-order valence-corrected chi connectivity index (χ2v) is 7.87. The Morgan fingerprint density at radius 1 is 1.24 bits per heavy atom. The molecule has 0 aromatic heterocycles. The molecule has 0 radical (unpaired) electrons. The van der Waals surface area contributed by atoms with Gasteiger partial charge in [-0.2, -0.15) is 0 Å². The van der Waals surface area contributed by atoms with Gasteiger partial charge in [0.15, 0.2) is 0 Å². The molecule has 25 heavy (non-hydrogen) atoms. The lowest BCUT2D eigenvalue weighted by Crippen LogP contribution is -2.39. The summed E-state index contributed by atoms with van der Waals surface area (Å²) >= 11 is 0. The number of carbonyl (C=O) groups excluding carboxylic acids is 1. The zero-order valence-electron chi connectivity index (χ0n) is 15.7. The van der Waals surface area contributed by atoms with Crippen LogP contribution < -0.4 is 0 Å². The highest BCUT2D eigenvalue weighted by Gasteiger charge is 2.39. The van der Waals surface area contributed by atoms with Gasteiger partial charge >= 0.3 is 6.09 Å². The maximum absolute atomic E-state index is 12.1. The third kappa shape index (κ3) is 7.04. The Morgan fingerprint density at radius 3 is 2.64 bits per heavy atom. The predicted octanol–water partition coefficient (Wildman–Crippen LogP) is 3.75. The van der Waals surface area contributed by atoms with Gasteiger partial charge < -0.3 is 19.5 Å².